The fourth-order valence-electron chi connectivity index (χ4n) is 1.94. The summed E-state index contributed by atoms with van der Waals surface area (Å²) >= 11 is 1.38. The summed E-state index contributed by atoms with van der Waals surface area (Å²) in [5.41, 5.74) is 6.78. The number of aliphatic imine (C=N–C) groups is 1. The molecule has 0 unspecified atom stereocenters. The molecular weight excluding hydrogens is 278 g/mol. The predicted molar refractivity (Wildman–Crippen MR) is 79.9 cm³/mol. The highest BCUT2D eigenvalue weighted by atomic mass is 32.2. The maximum Gasteiger partial charge on any atom is 0.269 e. The zero-order chi connectivity index (χ0) is 14.4. The zero-order valence-electron chi connectivity index (χ0n) is 11.0. The molecule has 0 aliphatic carbocycles. The first-order valence-corrected chi connectivity index (χ1v) is 7.41. The number of ether oxygens (including phenoxy) is 1. The molecule has 108 valence electrons. The van der Waals surface area contributed by atoms with E-state index in [0.29, 0.717) is 17.5 Å². The largest absolute Gasteiger partial charge is 0.379 e. The summed E-state index contributed by atoms with van der Waals surface area (Å²) in [4.78, 5) is 14.6. The predicted octanol–water partition coefficient (Wildman–Crippen LogP) is 2.32. The normalized spacial score (nSPS) is 19.2. The van der Waals surface area contributed by atoms with Gasteiger partial charge in [-0.15, -0.1) is 0 Å². The van der Waals surface area contributed by atoms with Crippen LogP contribution in [0.3, 0.4) is 0 Å². The second-order valence-corrected chi connectivity index (χ2v) is 5.53. The third-order valence-corrected chi connectivity index (χ3v) is 3.89. The maximum atomic E-state index is 10.7. The van der Waals surface area contributed by atoms with Crippen LogP contribution in [0.4, 0.5) is 5.69 Å². The van der Waals surface area contributed by atoms with Gasteiger partial charge in [-0.1, -0.05) is 23.9 Å². The van der Waals surface area contributed by atoms with E-state index in [0.717, 1.165) is 25.0 Å². The van der Waals surface area contributed by atoms with Gasteiger partial charge in [0.05, 0.1) is 17.6 Å². The number of hydrogen-bond acceptors (Lipinski definition) is 5. The molecule has 1 aromatic carbocycles. The second kappa shape index (κ2) is 7.25. The molecule has 0 aromatic heterocycles. The summed E-state index contributed by atoms with van der Waals surface area (Å²) in [6, 6.07) is 6.55. The number of thioether (sulfide) groups is 1. The highest BCUT2D eigenvalue weighted by molar-refractivity contribution is 8.13. The van der Waals surface area contributed by atoms with Crippen LogP contribution >= 0.6 is 11.8 Å². The molecule has 1 heterocycles. The third-order valence-electron chi connectivity index (χ3n) is 2.98. The summed E-state index contributed by atoms with van der Waals surface area (Å²) in [6.07, 6.45) is 2.31. The molecule has 0 amide bonds. The minimum Gasteiger partial charge on any atom is -0.379 e. The van der Waals surface area contributed by atoms with Crippen molar-refractivity contribution in [2.45, 2.75) is 24.7 Å². The Balaban J connectivity index is 1.82. The summed E-state index contributed by atoms with van der Waals surface area (Å²) in [5, 5.41) is 11.2. The lowest BCUT2D eigenvalue weighted by Crippen LogP contribution is -2.14. The number of benzene rings is 1. The molecule has 20 heavy (non-hydrogen) atoms. The molecule has 1 atom stereocenters. The van der Waals surface area contributed by atoms with Crippen LogP contribution in [0, 0.1) is 10.1 Å². The molecule has 1 saturated heterocycles. The molecular formula is C13H17N3O3S. The van der Waals surface area contributed by atoms with Gasteiger partial charge in [0.1, 0.15) is 0 Å². The van der Waals surface area contributed by atoms with Crippen molar-refractivity contribution in [2.75, 3.05) is 13.2 Å². The van der Waals surface area contributed by atoms with Crippen LogP contribution in [0.1, 0.15) is 18.4 Å². The molecule has 0 bridgehead atoms. The van der Waals surface area contributed by atoms with E-state index in [1.54, 1.807) is 12.1 Å². The number of non-ortho nitro benzene ring substituents is 1. The van der Waals surface area contributed by atoms with Crippen LogP contribution in [0.15, 0.2) is 29.3 Å². The maximum absolute atomic E-state index is 10.7. The Kier molecular flexibility index (Phi) is 5.37. The minimum atomic E-state index is -0.400. The lowest BCUT2D eigenvalue weighted by atomic mass is 10.2. The molecule has 0 radical (unpaired) electrons. The molecule has 7 heteroatoms. The Morgan fingerprint density at radius 2 is 2.45 bits per heavy atom. The van der Waals surface area contributed by atoms with Crippen molar-refractivity contribution >= 4 is 22.6 Å². The smallest absolute Gasteiger partial charge is 0.269 e. The van der Waals surface area contributed by atoms with Gasteiger partial charge in [-0.25, -0.2) is 0 Å². The first-order valence-electron chi connectivity index (χ1n) is 6.43. The van der Waals surface area contributed by atoms with E-state index in [-0.39, 0.29) is 11.8 Å². The van der Waals surface area contributed by atoms with E-state index in [4.69, 9.17) is 10.5 Å². The van der Waals surface area contributed by atoms with Crippen molar-refractivity contribution < 1.29 is 9.66 Å². The number of nitrogens with zero attached hydrogens (tertiary/aromatic N) is 2. The summed E-state index contributed by atoms with van der Waals surface area (Å²) < 4.78 is 5.46. The van der Waals surface area contributed by atoms with Gasteiger partial charge in [-0.2, -0.15) is 0 Å². The number of nitro groups is 1. The third kappa shape index (κ3) is 4.50. The lowest BCUT2D eigenvalue weighted by Gasteiger charge is -2.06. The molecule has 0 saturated carbocycles. The SMILES string of the molecule is NC(=NC[C@@H]1CCCO1)SCc1cccc([N+](=O)[O-])c1. The quantitative estimate of drug-likeness (QED) is 0.389. The van der Waals surface area contributed by atoms with Crippen molar-refractivity contribution in [3.63, 3.8) is 0 Å². The van der Waals surface area contributed by atoms with E-state index in [1.165, 1.54) is 17.8 Å². The second-order valence-electron chi connectivity index (χ2n) is 4.53. The van der Waals surface area contributed by atoms with Crippen LogP contribution in [-0.4, -0.2) is 29.3 Å². The van der Waals surface area contributed by atoms with Crippen molar-refractivity contribution in [1.82, 2.24) is 0 Å². The van der Waals surface area contributed by atoms with Crippen LogP contribution in [-0.2, 0) is 10.5 Å². The van der Waals surface area contributed by atoms with Crippen molar-refractivity contribution in [3.05, 3.63) is 39.9 Å². The Hall–Kier alpha value is -1.60. The number of nitrogens with two attached hydrogens (primary N) is 1. The number of nitro benzene ring substituents is 1. The van der Waals surface area contributed by atoms with Gasteiger partial charge in [0.2, 0.25) is 0 Å². The van der Waals surface area contributed by atoms with Gasteiger partial charge in [0.25, 0.3) is 5.69 Å². The Labute approximate surface area is 121 Å². The average molecular weight is 295 g/mol. The summed E-state index contributed by atoms with van der Waals surface area (Å²) in [5.74, 6) is 0.572. The van der Waals surface area contributed by atoms with Crippen LogP contribution in [0.5, 0.6) is 0 Å². The number of rotatable bonds is 5. The van der Waals surface area contributed by atoms with Crippen molar-refractivity contribution in [1.29, 1.82) is 0 Å². The molecule has 0 spiro atoms. The van der Waals surface area contributed by atoms with E-state index in [2.05, 4.69) is 4.99 Å². The fourth-order valence-corrected chi connectivity index (χ4v) is 2.60. The Morgan fingerprint density at radius 1 is 1.60 bits per heavy atom. The topological polar surface area (TPSA) is 90.8 Å². The van der Waals surface area contributed by atoms with Crippen LogP contribution < -0.4 is 5.73 Å². The van der Waals surface area contributed by atoms with Gasteiger partial charge in [-0.05, 0) is 18.4 Å². The molecule has 1 aromatic rings. The molecule has 1 aliphatic heterocycles. The zero-order valence-corrected chi connectivity index (χ0v) is 11.8. The van der Waals surface area contributed by atoms with Crippen LogP contribution in [0.25, 0.3) is 0 Å². The average Bonchev–Trinajstić information content (AvgIpc) is 2.96. The first kappa shape index (κ1) is 14.8. The Morgan fingerprint density at radius 3 is 3.15 bits per heavy atom. The van der Waals surface area contributed by atoms with Gasteiger partial charge in [-0.3, -0.25) is 15.1 Å². The monoisotopic (exact) mass is 295 g/mol. The summed E-state index contributed by atoms with van der Waals surface area (Å²) in [6.45, 7) is 1.40. The van der Waals surface area contributed by atoms with Gasteiger partial charge in [0.15, 0.2) is 5.17 Å². The van der Waals surface area contributed by atoms with Crippen LogP contribution in [0.2, 0.25) is 0 Å². The van der Waals surface area contributed by atoms with Crippen molar-refractivity contribution in [2.24, 2.45) is 10.7 Å². The highest BCUT2D eigenvalue weighted by Gasteiger charge is 2.14. The van der Waals surface area contributed by atoms with Crippen molar-refractivity contribution in [3.8, 4) is 0 Å². The van der Waals surface area contributed by atoms with Gasteiger partial charge in [0, 0.05) is 24.5 Å². The van der Waals surface area contributed by atoms with E-state index < -0.39 is 4.92 Å². The van der Waals surface area contributed by atoms with Gasteiger partial charge >= 0.3 is 0 Å². The molecule has 2 N–H and O–H groups in total. The standard InChI is InChI=1S/C13H17N3O3S/c14-13(15-8-12-5-2-6-19-12)20-9-10-3-1-4-11(7-10)16(17)18/h1,3-4,7,12H,2,5-6,8-9H2,(H2,14,15)/t12-/m0/s1. The van der Waals surface area contributed by atoms with E-state index in [9.17, 15) is 10.1 Å². The molecule has 6 nitrogen and oxygen atoms in total. The van der Waals surface area contributed by atoms with E-state index >= 15 is 0 Å². The number of amidine groups is 1. The van der Waals surface area contributed by atoms with E-state index in [1.807, 2.05) is 6.07 Å². The Bertz CT molecular complexity index is 501. The molecule has 1 fully saturated rings. The molecule has 1 aliphatic rings. The lowest BCUT2D eigenvalue weighted by molar-refractivity contribution is -0.384. The number of hydrogen-bond donors (Lipinski definition) is 1. The highest BCUT2D eigenvalue weighted by Crippen LogP contribution is 2.18. The summed E-state index contributed by atoms with van der Waals surface area (Å²) in [7, 11) is 0. The van der Waals surface area contributed by atoms with Gasteiger partial charge < -0.3 is 10.5 Å². The first-order chi connectivity index (χ1) is 9.65. The fraction of sp³-hybridized carbons (Fsp3) is 0.462. The minimum absolute atomic E-state index is 0.0953. The molecule has 2 rings (SSSR count).